The molecular weight excluding hydrogens is 697 g/mol. The van der Waals surface area contributed by atoms with E-state index < -0.39 is 20.0 Å². The van der Waals surface area contributed by atoms with E-state index in [1.807, 2.05) is 75.4 Å². The molecule has 0 saturated heterocycles. The number of hydrogen-bond donors (Lipinski definition) is 1. The summed E-state index contributed by atoms with van der Waals surface area (Å²) in [5.41, 5.74) is 4.55. The quantitative estimate of drug-likeness (QED) is 0.109. The number of aryl methyl sites for hydroxylation is 1. The number of hydrogen-bond acceptors (Lipinski definition) is 7. The molecule has 52 heavy (non-hydrogen) atoms. The molecule has 1 N–H and O–H groups in total. The number of sulfone groups is 1. The van der Waals surface area contributed by atoms with Crippen LogP contribution >= 0.6 is 0 Å². The molecule has 0 fully saturated rings. The van der Waals surface area contributed by atoms with Gasteiger partial charge >= 0.3 is 0 Å². The molecule has 0 aliphatic rings. The maximum absolute atomic E-state index is 13.2. The predicted octanol–water partition coefficient (Wildman–Crippen LogP) is 9.76. The normalized spacial score (nSPS) is 10.9. The first kappa shape index (κ1) is 39.2. The smallest absolute Gasteiger partial charge is 0.261 e. The van der Waals surface area contributed by atoms with E-state index in [4.69, 9.17) is 14.0 Å². The van der Waals surface area contributed by atoms with E-state index in [-0.39, 0.29) is 15.6 Å². The Morgan fingerprint density at radius 1 is 0.519 bits per heavy atom. The van der Waals surface area contributed by atoms with Crippen molar-refractivity contribution >= 4 is 25.7 Å². The SMILES string of the molecule is CC.CS(=O)(=O)O.Cc1ccc(C(=O)c2ccc(Oc3ccc(Oc4ccc(S(=O)(=O)c5ccc(Cc6ccccc6)cc5)cc4)cc3)cc2)cc1. The fourth-order valence-corrected chi connectivity index (χ4v) is 6.10. The van der Waals surface area contributed by atoms with Gasteiger partial charge in [-0.1, -0.05) is 86.1 Å². The van der Waals surface area contributed by atoms with Gasteiger partial charge in [0, 0.05) is 11.1 Å². The van der Waals surface area contributed by atoms with Crippen LogP contribution < -0.4 is 9.47 Å². The molecular formula is C42H40O8S2. The fraction of sp³-hybridized carbons (Fsp3) is 0.119. The van der Waals surface area contributed by atoms with Gasteiger partial charge in [-0.15, -0.1) is 0 Å². The number of carbonyl (C=O) groups is 1. The second-order valence-electron chi connectivity index (χ2n) is 11.4. The molecule has 0 heterocycles. The number of carbonyl (C=O) groups excluding carboxylic acids is 1. The summed E-state index contributed by atoms with van der Waals surface area (Å²) in [6, 6.07) is 45.1. The highest BCUT2D eigenvalue weighted by Gasteiger charge is 2.18. The first-order valence-electron chi connectivity index (χ1n) is 16.4. The zero-order valence-corrected chi connectivity index (χ0v) is 30.9. The lowest BCUT2D eigenvalue weighted by atomic mass is 10.0. The van der Waals surface area contributed by atoms with Crippen molar-refractivity contribution in [1.82, 2.24) is 0 Å². The van der Waals surface area contributed by atoms with E-state index in [0.717, 1.165) is 17.5 Å². The molecule has 10 heteroatoms. The minimum absolute atomic E-state index is 0.0399. The summed E-state index contributed by atoms with van der Waals surface area (Å²) in [7, 11) is -7.33. The first-order chi connectivity index (χ1) is 24.8. The first-order valence-corrected chi connectivity index (χ1v) is 19.7. The minimum atomic E-state index is -3.67. The number of ketones is 1. The van der Waals surface area contributed by atoms with Crippen LogP contribution in [-0.4, -0.2) is 33.4 Å². The van der Waals surface area contributed by atoms with Crippen LogP contribution in [0.2, 0.25) is 0 Å². The Morgan fingerprint density at radius 3 is 1.27 bits per heavy atom. The minimum Gasteiger partial charge on any atom is -0.457 e. The third kappa shape index (κ3) is 11.8. The highest BCUT2D eigenvalue weighted by molar-refractivity contribution is 7.91. The topological polar surface area (TPSA) is 124 Å². The molecule has 268 valence electrons. The van der Waals surface area contributed by atoms with Crippen molar-refractivity contribution < 1.29 is 35.7 Å². The van der Waals surface area contributed by atoms with Gasteiger partial charge in [-0.2, -0.15) is 8.42 Å². The van der Waals surface area contributed by atoms with Crippen molar-refractivity contribution in [2.75, 3.05) is 6.26 Å². The van der Waals surface area contributed by atoms with E-state index >= 15 is 0 Å². The van der Waals surface area contributed by atoms with Crippen molar-refractivity contribution in [3.63, 3.8) is 0 Å². The van der Waals surface area contributed by atoms with Crippen LogP contribution in [0.15, 0.2) is 161 Å². The molecule has 0 aliphatic carbocycles. The molecule has 8 nitrogen and oxygen atoms in total. The van der Waals surface area contributed by atoms with Gasteiger partial charge in [-0.05, 0) is 109 Å². The maximum Gasteiger partial charge on any atom is 0.261 e. The number of benzene rings is 6. The lowest BCUT2D eigenvalue weighted by molar-refractivity contribution is 0.103. The zero-order chi connectivity index (χ0) is 37.7. The van der Waals surface area contributed by atoms with Crippen molar-refractivity contribution in [2.45, 2.75) is 37.0 Å². The second-order valence-corrected chi connectivity index (χ2v) is 14.8. The van der Waals surface area contributed by atoms with E-state index in [1.165, 1.54) is 5.56 Å². The van der Waals surface area contributed by atoms with Crippen molar-refractivity contribution in [3.8, 4) is 23.0 Å². The van der Waals surface area contributed by atoms with Gasteiger partial charge in [0.2, 0.25) is 9.84 Å². The van der Waals surface area contributed by atoms with Gasteiger partial charge in [0.25, 0.3) is 10.1 Å². The van der Waals surface area contributed by atoms with Gasteiger partial charge in [-0.25, -0.2) is 8.42 Å². The van der Waals surface area contributed by atoms with Crippen LogP contribution in [0.25, 0.3) is 0 Å². The monoisotopic (exact) mass is 736 g/mol. The van der Waals surface area contributed by atoms with Crippen molar-refractivity contribution in [3.05, 3.63) is 179 Å². The average molecular weight is 737 g/mol. The van der Waals surface area contributed by atoms with Crippen LogP contribution in [0, 0.1) is 6.92 Å². The summed E-state index contributed by atoms with van der Waals surface area (Å²) >= 11 is 0. The zero-order valence-electron chi connectivity index (χ0n) is 29.3. The standard InChI is InChI=1S/C39H30O5S.C2H6.CH4O3S/c1-28-7-11-31(12-8-28)39(40)32-13-15-33(16-14-32)43-34-17-19-35(20-18-34)44-36-21-25-38(26-22-36)45(41,42)37-23-9-30(10-24-37)27-29-5-3-2-4-6-29;1-2;1-5(2,3)4/h2-26H,27H2,1H3;1-2H3;1H3,(H,2,3,4). The molecule has 0 radical (unpaired) electrons. The van der Waals surface area contributed by atoms with E-state index in [9.17, 15) is 21.6 Å². The van der Waals surface area contributed by atoms with Crippen LogP contribution in [-0.2, 0) is 26.4 Å². The second kappa shape index (κ2) is 18.1. The molecule has 6 aromatic rings. The molecule has 0 unspecified atom stereocenters. The summed E-state index contributed by atoms with van der Waals surface area (Å²) in [6.07, 6.45) is 1.46. The fourth-order valence-electron chi connectivity index (χ4n) is 4.83. The Kier molecular flexibility index (Phi) is 13.7. The largest absolute Gasteiger partial charge is 0.457 e. The molecule has 0 aliphatic heterocycles. The Morgan fingerprint density at radius 2 is 0.846 bits per heavy atom. The third-order valence-electron chi connectivity index (χ3n) is 7.34. The maximum atomic E-state index is 13.2. The Labute approximate surface area is 306 Å². The summed E-state index contributed by atoms with van der Waals surface area (Å²) in [5.74, 6) is 2.26. The van der Waals surface area contributed by atoms with E-state index in [0.29, 0.717) is 40.4 Å². The molecule has 6 rings (SSSR count). The molecule has 0 amide bonds. The van der Waals surface area contributed by atoms with E-state index in [2.05, 4.69) is 12.1 Å². The van der Waals surface area contributed by atoms with Gasteiger partial charge < -0.3 is 9.47 Å². The average Bonchev–Trinajstić information content (AvgIpc) is 3.14. The van der Waals surface area contributed by atoms with Crippen LogP contribution in [0.1, 0.15) is 46.5 Å². The van der Waals surface area contributed by atoms with Gasteiger partial charge in [-0.3, -0.25) is 9.35 Å². The number of ether oxygens (including phenoxy) is 2. The summed E-state index contributed by atoms with van der Waals surface area (Å²) in [4.78, 5) is 13.2. The molecule has 0 bridgehead atoms. The number of rotatable bonds is 10. The third-order valence-corrected chi connectivity index (χ3v) is 9.13. The predicted molar refractivity (Wildman–Crippen MR) is 204 cm³/mol. The Bertz CT molecular complexity index is 2240. The van der Waals surface area contributed by atoms with Crippen molar-refractivity contribution in [1.29, 1.82) is 0 Å². The van der Waals surface area contributed by atoms with Gasteiger partial charge in [0.1, 0.15) is 23.0 Å². The Balaban J connectivity index is 0.000000797. The summed E-state index contributed by atoms with van der Waals surface area (Å²) in [6.45, 7) is 5.99. The Hall–Kier alpha value is -5.55. The van der Waals surface area contributed by atoms with Gasteiger partial charge in [0.15, 0.2) is 5.78 Å². The molecule has 6 aromatic carbocycles. The summed E-state index contributed by atoms with van der Waals surface area (Å²) in [5, 5.41) is 0. The lowest BCUT2D eigenvalue weighted by Crippen LogP contribution is -2.02. The lowest BCUT2D eigenvalue weighted by Gasteiger charge is -2.10. The highest BCUT2D eigenvalue weighted by atomic mass is 32.2. The molecule has 0 atom stereocenters. The molecule has 0 aromatic heterocycles. The molecule has 0 spiro atoms. The van der Waals surface area contributed by atoms with Crippen molar-refractivity contribution in [2.24, 2.45) is 0 Å². The van der Waals surface area contributed by atoms with Crippen LogP contribution in [0.3, 0.4) is 0 Å². The highest BCUT2D eigenvalue weighted by Crippen LogP contribution is 2.29. The van der Waals surface area contributed by atoms with Crippen LogP contribution in [0.4, 0.5) is 0 Å². The van der Waals surface area contributed by atoms with Crippen LogP contribution in [0.5, 0.6) is 23.0 Å². The summed E-state index contributed by atoms with van der Waals surface area (Å²) < 4.78 is 64.2. The van der Waals surface area contributed by atoms with Gasteiger partial charge in [0.05, 0.1) is 16.0 Å². The van der Waals surface area contributed by atoms with E-state index in [1.54, 1.807) is 84.9 Å². The molecule has 0 saturated carbocycles.